The maximum Gasteiger partial charge on any atom is 0.161 e. The van der Waals surface area contributed by atoms with E-state index in [1.165, 1.54) is 5.56 Å². The van der Waals surface area contributed by atoms with E-state index in [-0.39, 0.29) is 11.6 Å². The van der Waals surface area contributed by atoms with Crippen LogP contribution in [0.4, 0.5) is 0 Å². The molecule has 2 N–H and O–H groups in total. The number of nitrogens with two attached hydrogens (primary N) is 1. The van der Waals surface area contributed by atoms with E-state index < -0.39 is 0 Å². The van der Waals surface area contributed by atoms with Gasteiger partial charge in [-0.05, 0) is 44.0 Å². The van der Waals surface area contributed by atoms with Gasteiger partial charge in [0.15, 0.2) is 11.5 Å². The molecule has 0 atom stereocenters. The van der Waals surface area contributed by atoms with Gasteiger partial charge in [0.05, 0.1) is 7.11 Å². The summed E-state index contributed by atoms with van der Waals surface area (Å²) in [5.74, 6) is 1.66. The highest BCUT2D eigenvalue weighted by Gasteiger charge is 2.38. The molecule has 1 saturated heterocycles. The highest BCUT2D eigenvalue weighted by Crippen LogP contribution is 2.38. The molecular weight excluding hydrogens is 240 g/mol. The van der Waals surface area contributed by atoms with Gasteiger partial charge in [0.2, 0.25) is 0 Å². The Labute approximate surface area is 114 Å². The molecule has 1 aliphatic carbocycles. The maximum atomic E-state index is 6.18. The number of hydrogen-bond acceptors (Lipinski definition) is 4. The van der Waals surface area contributed by atoms with Crippen molar-refractivity contribution in [3.8, 4) is 11.5 Å². The van der Waals surface area contributed by atoms with Crippen LogP contribution in [0, 0.1) is 0 Å². The van der Waals surface area contributed by atoms with Gasteiger partial charge >= 0.3 is 0 Å². The summed E-state index contributed by atoms with van der Waals surface area (Å²) in [6, 6.07) is 6.16. The molecule has 1 aromatic carbocycles. The van der Waals surface area contributed by atoms with Gasteiger partial charge < -0.3 is 15.2 Å². The first-order valence-electron chi connectivity index (χ1n) is 6.89. The third-order valence-corrected chi connectivity index (χ3v) is 4.00. The van der Waals surface area contributed by atoms with Gasteiger partial charge in [-0.15, -0.1) is 0 Å². The van der Waals surface area contributed by atoms with Gasteiger partial charge in [0, 0.05) is 18.6 Å². The Kier molecular flexibility index (Phi) is 3.15. The fraction of sp³-hybridized carbons (Fsp3) is 0.600. The number of methoxy groups -OCH3 is 1. The monoisotopic (exact) mass is 262 g/mol. The predicted octanol–water partition coefficient (Wildman–Crippen LogP) is 1.42. The first-order valence-corrected chi connectivity index (χ1v) is 6.89. The van der Waals surface area contributed by atoms with Crippen molar-refractivity contribution in [2.45, 2.75) is 30.9 Å². The van der Waals surface area contributed by atoms with Crippen LogP contribution in [0.15, 0.2) is 18.2 Å². The molecule has 2 fully saturated rings. The molecule has 1 aromatic rings. The lowest BCUT2D eigenvalue weighted by atomic mass is 10.0. The Balaban J connectivity index is 1.73. The molecule has 104 valence electrons. The SMILES string of the molecule is COc1ccc(CC2(N)CC2)cc1OC1CN(C)C1. The van der Waals surface area contributed by atoms with Crippen LogP contribution in [-0.2, 0) is 6.42 Å². The normalized spacial score (nSPS) is 21.8. The van der Waals surface area contributed by atoms with Crippen molar-refractivity contribution in [1.82, 2.24) is 4.90 Å². The van der Waals surface area contributed by atoms with Crippen molar-refractivity contribution < 1.29 is 9.47 Å². The lowest BCUT2D eigenvalue weighted by molar-refractivity contribution is 0.0369. The molecule has 1 aliphatic heterocycles. The molecule has 19 heavy (non-hydrogen) atoms. The minimum absolute atomic E-state index is 0.0303. The van der Waals surface area contributed by atoms with E-state index in [0.717, 1.165) is 43.9 Å². The lowest BCUT2D eigenvalue weighted by Gasteiger charge is -2.36. The Morgan fingerprint density at radius 3 is 2.63 bits per heavy atom. The van der Waals surface area contributed by atoms with Gasteiger partial charge in [-0.3, -0.25) is 4.90 Å². The molecule has 0 aromatic heterocycles. The van der Waals surface area contributed by atoms with E-state index in [2.05, 4.69) is 24.1 Å². The predicted molar refractivity (Wildman–Crippen MR) is 74.8 cm³/mol. The van der Waals surface area contributed by atoms with Crippen LogP contribution >= 0.6 is 0 Å². The molecule has 4 nitrogen and oxygen atoms in total. The fourth-order valence-corrected chi connectivity index (χ4v) is 2.56. The second kappa shape index (κ2) is 4.69. The molecule has 0 spiro atoms. The zero-order chi connectivity index (χ0) is 13.5. The van der Waals surface area contributed by atoms with Crippen LogP contribution in [0.2, 0.25) is 0 Å². The van der Waals surface area contributed by atoms with Crippen molar-refractivity contribution in [1.29, 1.82) is 0 Å². The van der Waals surface area contributed by atoms with Crippen LogP contribution in [-0.4, -0.2) is 43.8 Å². The standard InChI is InChI=1S/C15H22N2O2/c1-17-9-12(10-17)19-14-7-11(3-4-13(14)18-2)8-15(16)5-6-15/h3-4,7,12H,5-6,8-10,16H2,1-2H3. The molecule has 0 radical (unpaired) electrons. The van der Waals surface area contributed by atoms with E-state index >= 15 is 0 Å². The second-order valence-electron chi connectivity index (χ2n) is 5.99. The van der Waals surface area contributed by atoms with Gasteiger partial charge in [-0.1, -0.05) is 6.07 Å². The molecule has 3 rings (SSSR count). The molecular formula is C15H22N2O2. The lowest BCUT2D eigenvalue weighted by Crippen LogP contribution is -2.51. The van der Waals surface area contributed by atoms with Crippen molar-refractivity contribution >= 4 is 0 Å². The summed E-state index contributed by atoms with van der Waals surface area (Å²) >= 11 is 0. The fourth-order valence-electron chi connectivity index (χ4n) is 2.56. The molecule has 1 heterocycles. The van der Waals surface area contributed by atoms with E-state index in [9.17, 15) is 0 Å². The van der Waals surface area contributed by atoms with Crippen LogP contribution in [0.3, 0.4) is 0 Å². The van der Waals surface area contributed by atoms with Crippen LogP contribution in [0.5, 0.6) is 11.5 Å². The van der Waals surface area contributed by atoms with Crippen molar-refractivity contribution in [2.24, 2.45) is 5.73 Å². The number of hydrogen-bond donors (Lipinski definition) is 1. The Morgan fingerprint density at radius 1 is 1.32 bits per heavy atom. The van der Waals surface area contributed by atoms with Crippen molar-refractivity contribution in [3.05, 3.63) is 23.8 Å². The number of ether oxygens (including phenoxy) is 2. The zero-order valence-electron chi connectivity index (χ0n) is 11.7. The van der Waals surface area contributed by atoms with Crippen LogP contribution in [0.1, 0.15) is 18.4 Å². The summed E-state index contributed by atoms with van der Waals surface area (Å²) in [5.41, 5.74) is 7.45. The number of benzene rings is 1. The molecule has 2 aliphatic rings. The Hall–Kier alpha value is -1.26. The second-order valence-corrected chi connectivity index (χ2v) is 5.99. The minimum atomic E-state index is 0.0303. The first-order chi connectivity index (χ1) is 9.08. The first kappa shape index (κ1) is 12.8. The summed E-state index contributed by atoms with van der Waals surface area (Å²) in [4.78, 5) is 2.24. The summed E-state index contributed by atoms with van der Waals surface area (Å²) < 4.78 is 11.4. The van der Waals surface area contributed by atoms with Gasteiger partial charge in [0.25, 0.3) is 0 Å². The topological polar surface area (TPSA) is 47.7 Å². The van der Waals surface area contributed by atoms with E-state index in [0.29, 0.717) is 0 Å². The third kappa shape index (κ3) is 2.85. The van der Waals surface area contributed by atoms with Crippen molar-refractivity contribution in [3.63, 3.8) is 0 Å². The molecule has 4 heteroatoms. The van der Waals surface area contributed by atoms with E-state index in [4.69, 9.17) is 15.2 Å². The summed E-state index contributed by atoms with van der Waals surface area (Å²) in [6.07, 6.45) is 3.46. The highest BCUT2D eigenvalue weighted by atomic mass is 16.5. The smallest absolute Gasteiger partial charge is 0.161 e. The number of likely N-dealkylation sites (N-methyl/N-ethyl adjacent to an activating group) is 1. The highest BCUT2D eigenvalue weighted by molar-refractivity contribution is 5.44. The van der Waals surface area contributed by atoms with E-state index in [1.807, 2.05) is 6.07 Å². The number of rotatable bonds is 5. The van der Waals surface area contributed by atoms with Crippen LogP contribution in [0.25, 0.3) is 0 Å². The zero-order valence-corrected chi connectivity index (χ0v) is 11.7. The van der Waals surface area contributed by atoms with Crippen molar-refractivity contribution in [2.75, 3.05) is 27.2 Å². The average molecular weight is 262 g/mol. The van der Waals surface area contributed by atoms with Gasteiger partial charge in [-0.25, -0.2) is 0 Å². The molecule has 0 unspecified atom stereocenters. The van der Waals surface area contributed by atoms with Gasteiger partial charge in [0.1, 0.15) is 6.10 Å². The minimum Gasteiger partial charge on any atom is -0.493 e. The van der Waals surface area contributed by atoms with Crippen LogP contribution < -0.4 is 15.2 Å². The molecule has 0 amide bonds. The third-order valence-electron chi connectivity index (χ3n) is 4.00. The summed E-state index contributed by atoms with van der Waals surface area (Å²) in [6.45, 7) is 1.96. The average Bonchev–Trinajstić information content (AvgIpc) is 3.05. The molecule has 0 bridgehead atoms. The maximum absolute atomic E-state index is 6.18. The summed E-state index contributed by atoms with van der Waals surface area (Å²) in [5, 5.41) is 0. The Bertz CT molecular complexity index is 465. The number of likely N-dealkylation sites (tertiary alicyclic amines) is 1. The Morgan fingerprint density at radius 2 is 2.05 bits per heavy atom. The van der Waals surface area contributed by atoms with Gasteiger partial charge in [-0.2, -0.15) is 0 Å². The number of nitrogens with zero attached hydrogens (tertiary/aromatic N) is 1. The quantitative estimate of drug-likeness (QED) is 0.872. The van der Waals surface area contributed by atoms with E-state index in [1.54, 1.807) is 7.11 Å². The molecule has 1 saturated carbocycles. The summed E-state index contributed by atoms with van der Waals surface area (Å²) in [7, 11) is 3.78. The largest absolute Gasteiger partial charge is 0.493 e.